The van der Waals surface area contributed by atoms with Crippen LogP contribution in [0, 0.1) is 0 Å². The predicted octanol–water partition coefficient (Wildman–Crippen LogP) is 3.12. The van der Waals surface area contributed by atoms with E-state index in [0.29, 0.717) is 11.4 Å². The summed E-state index contributed by atoms with van der Waals surface area (Å²) < 4.78 is 6.70. The maximum absolute atomic E-state index is 13.2. The van der Waals surface area contributed by atoms with Crippen molar-refractivity contribution in [3.63, 3.8) is 0 Å². The summed E-state index contributed by atoms with van der Waals surface area (Å²) >= 11 is 0. The van der Waals surface area contributed by atoms with Crippen molar-refractivity contribution in [1.29, 1.82) is 0 Å². The van der Waals surface area contributed by atoms with Gasteiger partial charge in [0.25, 0.3) is 23.3 Å². The van der Waals surface area contributed by atoms with Crippen LogP contribution in [0.1, 0.15) is 38.0 Å². The highest BCUT2D eigenvalue weighted by molar-refractivity contribution is 6.11. The number of hydrogen-bond donors (Lipinski definition) is 5. The largest absolute Gasteiger partial charge is 0.495 e. The number of nitrogens with zero attached hydrogens (tertiary/aromatic N) is 1. The lowest BCUT2D eigenvalue weighted by molar-refractivity contribution is -0.135. The van der Waals surface area contributed by atoms with E-state index in [2.05, 4.69) is 21.3 Å². The quantitative estimate of drug-likeness (QED) is 0.185. The summed E-state index contributed by atoms with van der Waals surface area (Å²) in [7, 11) is 1.37. The van der Waals surface area contributed by atoms with Gasteiger partial charge in [0, 0.05) is 41.6 Å². The monoisotopic (exact) mass is 597 g/mol. The average molecular weight is 598 g/mol. The molecule has 1 aromatic heterocycles. The van der Waals surface area contributed by atoms with Crippen molar-refractivity contribution in [1.82, 2.24) is 9.88 Å². The molecule has 0 atom stereocenters. The molecule has 44 heavy (non-hydrogen) atoms. The summed E-state index contributed by atoms with van der Waals surface area (Å²) in [5, 5.41) is 19.1. The summed E-state index contributed by atoms with van der Waals surface area (Å²) in [6, 6.07) is 19.4. The number of aromatic nitrogens is 1. The third-order valence-electron chi connectivity index (χ3n) is 6.18. The van der Waals surface area contributed by atoms with Crippen LogP contribution in [0.3, 0.4) is 0 Å². The van der Waals surface area contributed by atoms with E-state index in [-0.39, 0.29) is 45.3 Å². The van der Waals surface area contributed by atoms with E-state index in [4.69, 9.17) is 9.84 Å². The molecular weight excluding hydrogens is 570 g/mol. The number of ether oxygens (including phenoxy) is 1. The summed E-state index contributed by atoms with van der Waals surface area (Å²) in [6.07, 6.45) is 1.60. The van der Waals surface area contributed by atoms with Crippen molar-refractivity contribution in [2.24, 2.45) is 0 Å². The van der Waals surface area contributed by atoms with Gasteiger partial charge < -0.3 is 31.1 Å². The van der Waals surface area contributed by atoms with Crippen LogP contribution in [0.25, 0.3) is 5.69 Å². The molecule has 5 N–H and O–H groups in total. The van der Waals surface area contributed by atoms with E-state index in [1.807, 2.05) is 0 Å². The molecule has 13 heteroatoms. The van der Waals surface area contributed by atoms with Gasteiger partial charge >= 0.3 is 5.97 Å². The van der Waals surface area contributed by atoms with Crippen LogP contribution in [0.15, 0.2) is 89.9 Å². The molecule has 224 valence electrons. The fraction of sp³-hybridized carbons (Fsp3) is 0.0968. The molecule has 0 bridgehead atoms. The Morgan fingerprint density at radius 3 is 1.98 bits per heavy atom. The Morgan fingerprint density at radius 1 is 0.727 bits per heavy atom. The zero-order chi connectivity index (χ0) is 31.8. The highest BCUT2D eigenvalue weighted by Gasteiger charge is 2.18. The molecule has 0 saturated heterocycles. The number of carboxylic acids is 1. The second-order valence-corrected chi connectivity index (χ2v) is 9.30. The number of benzene rings is 3. The number of methoxy groups -OCH3 is 1. The number of pyridine rings is 1. The van der Waals surface area contributed by atoms with Crippen LogP contribution in [0.5, 0.6) is 5.75 Å². The summed E-state index contributed by atoms with van der Waals surface area (Å²) in [5.74, 6) is -3.23. The van der Waals surface area contributed by atoms with Gasteiger partial charge in [0.15, 0.2) is 0 Å². The third-order valence-corrected chi connectivity index (χ3v) is 6.18. The van der Waals surface area contributed by atoms with Crippen molar-refractivity contribution in [2.45, 2.75) is 6.92 Å². The normalized spacial score (nSPS) is 10.3. The smallest absolute Gasteiger partial charge is 0.322 e. The van der Waals surface area contributed by atoms with E-state index in [1.54, 1.807) is 30.5 Å². The number of nitrogens with one attached hydrogen (secondary N) is 4. The van der Waals surface area contributed by atoms with Gasteiger partial charge in [-0.25, -0.2) is 0 Å². The zero-order valence-corrected chi connectivity index (χ0v) is 23.5. The number of carboxylic acid groups (broad SMARTS) is 1. The zero-order valence-electron chi connectivity index (χ0n) is 23.5. The first-order valence-electron chi connectivity index (χ1n) is 13.1. The van der Waals surface area contributed by atoms with Gasteiger partial charge in [0.05, 0.1) is 24.2 Å². The van der Waals surface area contributed by atoms with Crippen molar-refractivity contribution in [2.75, 3.05) is 29.6 Å². The fourth-order valence-corrected chi connectivity index (χ4v) is 4.08. The highest BCUT2D eigenvalue weighted by Crippen LogP contribution is 2.28. The van der Waals surface area contributed by atoms with Gasteiger partial charge in [-0.15, -0.1) is 0 Å². The molecule has 0 aliphatic carbocycles. The van der Waals surface area contributed by atoms with Gasteiger partial charge in [-0.1, -0.05) is 6.07 Å². The van der Waals surface area contributed by atoms with Crippen LogP contribution < -0.4 is 31.6 Å². The first-order chi connectivity index (χ1) is 21.0. The molecule has 0 aliphatic rings. The molecular formula is C31H27N5O8. The second kappa shape index (κ2) is 13.6. The lowest BCUT2D eigenvalue weighted by Crippen LogP contribution is -2.29. The minimum absolute atomic E-state index is 0.0239. The van der Waals surface area contributed by atoms with Crippen LogP contribution >= 0.6 is 0 Å². The maximum atomic E-state index is 13.2. The predicted molar refractivity (Wildman–Crippen MR) is 162 cm³/mol. The SMILES string of the molecule is COc1cc(C(=O)Nc2cc(C(=O)NCC(=O)O)ccc2NC(=O)c2ccc(-n3ccccc3=O)cc2)ccc1NC(C)=O. The summed E-state index contributed by atoms with van der Waals surface area (Å²) in [6.45, 7) is 0.707. The number of amides is 4. The molecule has 0 radical (unpaired) electrons. The topological polar surface area (TPSA) is 185 Å². The third kappa shape index (κ3) is 7.53. The van der Waals surface area contributed by atoms with Crippen LogP contribution in [-0.2, 0) is 9.59 Å². The molecule has 0 aliphatic heterocycles. The Hall–Kier alpha value is -6.24. The molecule has 0 spiro atoms. The van der Waals surface area contributed by atoms with E-state index in [1.165, 1.54) is 73.2 Å². The maximum Gasteiger partial charge on any atom is 0.322 e. The molecule has 0 unspecified atom stereocenters. The molecule has 13 nitrogen and oxygen atoms in total. The number of aliphatic carboxylic acids is 1. The molecule has 0 saturated carbocycles. The van der Waals surface area contributed by atoms with E-state index in [9.17, 15) is 28.8 Å². The Bertz CT molecular complexity index is 1810. The number of hydrogen-bond acceptors (Lipinski definition) is 7. The Kier molecular flexibility index (Phi) is 9.50. The Labute approximate surface area is 250 Å². The first kappa shape index (κ1) is 30.7. The number of carbonyl (C=O) groups is 5. The lowest BCUT2D eigenvalue weighted by Gasteiger charge is -2.15. The lowest BCUT2D eigenvalue weighted by atomic mass is 10.1. The molecule has 4 aromatic rings. The van der Waals surface area contributed by atoms with Crippen molar-refractivity contribution in [3.8, 4) is 11.4 Å². The molecule has 3 aromatic carbocycles. The van der Waals surface area contributed by atoms with E-state index < -0.39 is 30.2 Å². The van der Waals surface area contributed by atoms with Gasteiger partial charge in [-0.3, -0.25) is 33.3 Å². The van der Waals surface area contributed by atoms with Gasteiger partial charge in [0.2, 0.25) is 5.91 Å². The summed E-state index contributed by atoms with van der Waals surface area (Å²) in [5.41, 5.74) is 1.27. The van der Waals surface area contributed by atoms with Crippen molar-refractivity contribution >= 4 is 46.7 Å². The minimum Gasteiger partial charge on any atom is -0.495 e. The molecule has 0 fully saturated rings. The summed E-state index contributed by atoms with van der Waals surface area (Å²) in [4.78, 5) is 73.4. The van der Waals surface area contributed by atoms with Crippen molar-refractivity contribution in [3.05, 3.63) is 112 Å². The highest BCUT2D eigenvalue weighted by atomic mass is 16.5. The van der Waals surface area contributed by atoms with E-state index >= 15 is 0 Å². The number of rotatable bonds is 10. The van der Waals surface area contributed by atoms with Crippen LogP contribution in [-0.4, -0.2) is 52.9 Å². The average Bonchev–Trinajstić information content (AvgIpc) is 3.00. The standard InChI is InChI=1S/C31H27N5O8/c1-18(37)33-24-13-9-21(16-26(24)44-2)31(43)35-25-15-20(29(41)32-17-28(39)40)8-12-23(25)34-30(42)19-6-10-22(11-7-19)36-14-4-3-5-27(36)38/h3-16H,17H2,1-2H3,(H,32,41)(H,33,37)(H,34,42)(H,35,43)(H,39,40). The van der Waals surface area contributed by atoms with E-state index in [0.717, 1.165) is 0 Å². The van der Waals surface area contributed by atoms with Gasteiger partial charge in [0.1, 0.15) is 12.3 Å². The Morgan fingerprint density at radius 2 is 1.34 bits per heavy atom. The van der Waals surface area contributed by atoms with Crippen molar-refractivity contribution < 1.29 is 33.8 Å². The number of carbonyl (C=O) groups excluding carboxylic acids is 4. The Balaban J connectivity index is 1.62. The molecule has 4 rings (SSSR count). The number of anilines is 3. The minimum atomic E-state index is -1.24. The van der Waals surface area contributed by atoms with Gasteiger partial charge in [-0.2, -0.15) is 0 Å². The molecule has 4 amide bonds. The van der Waals surface area contributed by atoms with Crippen LogP contribution in [0.2, 0.25) is 0 Å². The molecule has 1 heterocycles. The van der Waals surface area contributed by atoms with Gasteiger partial charge in [-0.05, 0) is 66.7 Å². The first-order valence-corrected chi connectivity index (χ1v) is 13.1. The van der Waals surface area contributed by atoms with Crippen LogP contribution in [0.4, 0.5) is 17.1 Å². The second-order valence-electron chi connectivity index (χ2n) is 9.30. The fourth-order valence-electron chi connectivity index (χ4n) is 4.08.